The van der Waals surface area contributed by atoms with Crippen molar-refractivity contribution in [1.82, 2.24) is 0 Å². The molecule has 0 radical (unpaired) electrons. The van der Waals surface area contributed by atoms with Crippen molar-refractivity contribution in [2.45, 2.75) is 11.8 Å². The van der Waals surface area contributed by atoms with Crippen LogP contribution in [0.5, 0.6) is 11.5 Å². The minimum atomic E-state index is 0. The SMILES string of the molecule is [CH2-]Oc1ccc(C2c3ccccc3OCC2c2ccccc2)cc1.[Y+3]. The summed E-state index contributed by atoms with van der Waals surface area (Å²) in [5, 5.41) is 0. The zero-order chi connectivity index (χ0) is 16.4. The minimum absolute atomic E-state index is 0. The van der Waals surface area contributed by atoms with Gasteiger partial charge >= 0.3 is 32.7 Å². The Kier molecular flexibility index (Phi) is 5.93. The summed E-state index contributed by atoms with van der Waals surface area (Å²) in [4.78, 5) is 0. The summed E-state index contributed by atoms with van der Waals surface area (Å²) in [6.07, 6.45) is 0. The average Bonchev–Trinajstić information content (AvgIpc) is 2.68. The maximum Gasteiger partial charge on any atom is 3.00 e. The van der Waals surface area contributed by atoms with Crippen LogP contribution >= 0.6 is 0 Å². The topological polar surface area (TPSA) is 18.5 Å². The molecule has 3 aromatic rings. The van der Waals surface area contributed by atoms with Gasteiger partial charge in [0.05, 0.1) is 12.4 Å². The van der Waals surface area contributed by atoms with Crippen molar-refractivity contribution in [2.75, 3.05) is 6.61 Å². The fourth-order valence-electron chi connectivity index (χ4n) is 3.53. The third kappa shape index (κ3) is 3.66. The molecule has 2 unspecified atom stereocenters. The Morgan fingerprint density at radius 1 is 0.800 bits per heavy atom. The van der Waals surface area contributed by atoms with Crippen molar-refractivity contribution in [1.29, 1.82) is 0 Å². The van der Waals surface area contributed by atoms with Crippen LogP contribution in [0, 0.1) is 7.11 Å². The van der Waals surface area contributed by atoms with Gasteiger partial charge in [-0.25, -0.2) is 0 Å². The predicted octanol–water partition coefficient (Wildman–Crippen LogP) is 5.16. The van der Waals surface area contributed by atoms with Gasteiger partial charge in [0.25, 0.3) is 0 Å². The molecule has 25 heavy (non-hydrogen) atoms. The van der Waals surface area contributed by atoms with Gasteiger partial charge in [0, 0.05) is 17.4 Å². The summed E-state index contributed by atoms with van der Waals surface area (Å²) in [5.74, 6) is 2.30. The second-order valence-electron chi connectivity index (χ2n) is 6.06. The van der Waals surface area contributed by atoms with E-state index in [1.54, 1.807) is 0 Å². The number of hydrogen-bond acceptors (Lipinski definition) is 2. The van der Waals surface area contributed by atoms with E-state index in [2.05, 4.69) is 67.8 Å². The van der Waals surface area contributed by atoms with E-state index in [9.17, 15) is 0 Å². The molecule has 1 heterocycles. The first-order valence-corrected chi connectivity index (χ1v) is 8.15. The first-order chi connectivity index (χ1) is 11.9. The van der Waals surface area contributed by atoms with Crippen molar-refractivity contribution in [3.63, 3.8) is 0 Å². The molecule has 1 aliphatic rings. The van der Waals surface area contributed by atoms with Crippen LogP contribution in [0.4, 0.5) is 0 Å². The van der Waals surface area contributed by atoms with Crippen LogP contribution in [-0.4, -0.2) is 6.61 Å². The van der Waals surface area contributed by atoms with Crippen LogP contribution in [0.2, 0.25) is 0 Å². The van der Waals surface area contributed by atoms with Gasteiger partial charge in [0.15, 0.2) is 0 Å². The van der Waals surface area contributed by atoms with E-state index in [0.29, 0.717) is 6.61 Å². The zero-order valence-corrected chi connectivity index (χ0v) is 16.8. The Morgan fingerprint density at radius 2 is 1.48 bits per heavy atom. The van der Waals surface area contributed by atoms with E-state index >= 15 is 0 Å². The van der Waals surface area contributed by atoms with E-state index in [4.69, 9.17) is 9.47 Å². The fraction of sp³-hybridized carbons (Fsp3) is 0.136. The zero-order valence-electron chi connectivity index (χ0n) is 14.0. The predicted molar refractivity (Wildman–Crippen MR) is 95.4 cm³/mol. The second kappa shape index (κ2) is 8.16. The van der Waals surface area contributed by atoms with E-state index in [1.807, 2.05) is 18.2 Å². The van der Waals surface area contributed by atoms with Gasteiger partial charge in [-0.2, -0.15) is 7.11 Å². The van der Waals surface area contributed by atoms with Crippen molar-refractivity contribution in [3.05, 3.63) is 103 Å². The molecule has 0 N–H and O–H groups in total. The van der Waals surface area contributed by atoms with E-state index in [1.165, 1.54) is 16.7 Å². The number of para-hydroxylation sites is 1. The Bertz CT molecular complexity index is 815. The van der Waals surface area contributed by atoms with Crippen molar-refractivity contribution in [3.8, 4) is 11.5 Å². The van der Waals surface area contributed by atoms with E-state index in [-0.39, 0.29) is 44.5 Å². The molecule has 2 nitrogen and oxygen atoms in total. The molecule has 0 aliphatic carbocycles. The molecule has 4 rings (SSSR count). The Labute approximate surface area is 174 Å². The van der Waals surface area contributed by atoms with Crippen LogP contribution in [0.1, 0.15) is 28.5 Å². The maximum absolute atomic E-state index is 6.05. The molecule has 0 fully saturated rings. The number of fused-ring (bicyclic) bond motifs is 1. The van der Waals surface area contributed by atoms with E-state index < -0.39 is 0 Å². The van der Waals surface area contributed by atoms with E-state index in [0.717, 1.165) is 11.5 Å². The number of benzene rings is 3. The molecule has 0 bridgehead atoms. The average molecular weight is 404 g/mol. The van der Waals surface area contributed by atoms with Crippen LogP contribution < -0.4 is 9.47 Å². The van der Waals surface area contributed by atoms with Crippen LogP contribution in [0.15, 0.2) is 78.9 Å². The van der Waals surface area contributed by atoms with Crippen molar-refractivity contribution in [2.24, 2.45) is 0 Å². The normalized spacial score (nSPS) is 18.4. The molecule has 0 saturated carbocycles. The molecule has 1 aliphatic heterocycles. The van der Waals surface area contributed by atoms with Crippen LogP contribution in [0.3, 0.4) is 0 Å². The van der Waals surface area contributed by atoms with Gasteiger partial charge < -0.3 is 9.47 Å². The molecule has 0 amide bonds. The van der Waals surface area contributed by atoms with Gasteiger partial charge in [-0.3, -0.25) is 0 Å². The fourth-order valence-corrected chi connectivity index (χ4v) is 3.53. The summed E-state index contributed by atoms with van der Waals surface area (Å²) < 4.78 is 11.1. The summed E-state index contributed by atoms with van der Waals surface area (Å²) in [5.41, 5.74) is 3.80. The molecule has 2 atom stereocenters. The monoisotopic (exact) mass is 404 g/mol. The largest absolute Gasteiger partial charge is 3.00 e. The number of rotatable bonds is 3. The summed E-state index contributed by atoms with van der Waals surface area (Å²) in [7, 11) is 3.48. The number of hydrogen-bond donors (Lipinski definition) is 0. The van der Waals surface area contributed by atoms with Gasteiger partial charge in [-0.05, 0) is 29.3 Å². The molecular weight excluding hydrogens is 385 g/mol. The molecule has 0 aromatic heterocycles. The third-order valence-electron chi connectivity index (χ3n) is 4.71. The maximum atomic E-state index is 6.05. The van der Waals surface area contributed by atoms with Gasteiger partial charge in [-0.15, -0.1) is 0 Å². The van der Waals surface area contributed by atoms with Gasteiger partial charge in [-0.1, -0.05) is 60.7 Å². The Hall–Kier alpha value is -1.64. The molecule has 3 heteroatoms. The van der Waals surface area contributed by atoms with Crippen LogP contribution in [-0.2, 0) is 32.7 Å². The summed E-state index contributed by atoms with van der Waals surface area (Å²) >= 11 is 0. The minimum Gasteiger partial charge on any atom is -0.665 e. The van der Waals surface area contributed by atoms with Crippen molar-refractivity contribution >= 4 is 0 Å². The quantitative estimate of drug-likeness (QED) is 0.562. The first-order valence-electron chi connectivity index (χ1n) is 8.15. The molecule has 120 valence electrons. The molecule has 0 saturated heterocycles. The smallest absolute Gasteiger partial charge is 0.665 e. The first kappa shape index (κ1) is 18.2. The Morgan fingerprint density at radius 3 is 2.20 bits per heavy atom. The van der Waals surface area contributed by atoms with Gasteiger partial charge in [0.2, 0.25) is 0 Å². The second-order valence-corrected chi connectivity index (χ2v) is 6.06. The summed E-state index contributed by atoms with van der Waals surface area (Å²) in [6, 6.07) is 27.1. The third-order valence-corrected chi connectivity index (χ3v) is 4.71. The molecule has 0 spiro atoms. The van der Waals surface area contributed by atoms with Crippen molar-refractivity contribution < 1.29 is 42.2 Å². The Balaban J connectivity index is 0.00000182. The molecular formula is C22H19O2Y+2. The van der Waals surface area contributed by atoms with Crippen LogP contribution in [0.25, 0.3) is 0 Å². The van der Waals surface area contributed by atoms with Gasteiger partial charge in [0.1, 0.15) is 5.75 Å². The molecule has 3 aromatic carbocycles. The number of ether oxygens (including phenoxy) is 2. The standard InChI is InChI=1S/C22H19O2.Y/c1-23-18-13-11-17(12-14-18)22-19-9-5-6-10-21(19)24-15-20(22)16-7-3-2-4-8-16;/h2-14,20,22H,1,15H2;/q-1;+3. The summed E-state index contributed by atoms with van der Waals surface area (Å²) in [6.45, 7) is 0.680.